The van der Waals surface area contributed by atoms with Crippen LogP contribution in [-0.4, -0.2) is 30.9 Å². The molecule has 0 unspecified atom stereocenters. The van der Waals surface area contributed by atoms with E-state index in [2.05, 4.69) is 17.4 Å². The number of hydrogen-bond acceptors (Lipinski definition) is 3. The lowest BCUT2D eigenvalue weighted by atomic mass is 9.79. The summed E-state index contributed by atoms with van der Waals surface area (Å²) in [5.41, 5.74) is 0.803. The zero-order chi connectivity index (χ0) is 13.7. The van der Waals surface area contributed by atoms with E-state index in [4.69, 9.17) is 4.74 Å². The normalized spacial score (nSPS) is 27.2. The first-order chi connectivity index (χ1) is 9.15. The fourth-order valence-electron chi connectivity index (χ4n) is 2.86. The summed E-state index contributed by atoms with van der Waals surface area (Å²) >= 11 is 0. The van der Waals surface area contributed by atoms with Gasteiger partial charge < -0.3 is 15.2 Å². The van der Waals surface area contributed by atoms with Crippen LogP contribution in [0, 0.1) is 0 Å². The molecule has 3 heteroatoms. The smallest absolute Gasteiger partial charge is 0.118 e. The van der Waals surface area contributed by atoms with Gasteiger partial charge >= 0.3 is 0 Å². The highest BCUT2D eigenvalue weighted by Crippen LogP contribution is 2.32. The first-order valence-electron chi connectivity index (χ1n) is 7.18. The third kappa shape index (κ3) is 3.95. The quantitative estimate of drug-likeness (QED) is 0.857. The minimum Gasteiger partial charge on any atom is -0.497 e. The molecule has 0 aromatic heterocycles. The lowest BCUT2D eigenvalue weighted by Gasteiger charge is -2.36. The van der Waals surface area contributed by atoms with Crippen molar-refractivity contribution in [2.45, 2.75) is 50.2 Å². The number of hydrogen-bond donors (Lipinski definition) is 2. The number of benzene rings is 1. The van der Waals surface area contributed by atoms with E-state index in [0.717, 1.165) is 44.3 Å². The Hall–Kier alpha value is -1.06. The highest BCUT2D eigenvalue weighted by atomic mass is 16.5. The molecule has 0 spiro atoms. The van der Waals surface area contributed by atoms with Gasteiger partial charge in [-0.2, -0.15) is 0 Å². The predicted molar refractivity (Wildman–Crippen MR) is 77.6 cm³/mol. The molecule has 1 aromatic rings. The van der Waals surface area contributed by atoms with E-state index >= 15 is 0 Å². The summed E-state index contributed by atoms with van der Waals surface area (Å²) in [6.07, 6.45) is 5.77. The van der Waals surface area contributed by atoms with Crippen LogP contribution in [0.3, 0.4) is 0 Å². The van der Waals surface area contributed by atoms with Crippen molar-refractivity contribution < 1.29 is 9.84 Å². The molecule has 0 aliphatic heterocycles. The molecule has 3 nitrogen and oxygen atoms in total. The lowest BCUT2D eigenvalue weighted by molar-refractivity contribution is -0.0100. The number of aryl methyl sites for hydroxylation is 1. The van der Waals surface area contributed by atoms with Crippen LogP contribution in [-0.2, 0) is 6.42 Å². The Morgan fingerprint density at radius 1 is 1.26 bits per heavy atom. The first kappa shape index (κ1) is 14.4. The van der Waals surface area contributed by atoms with Gasteiger partial charge in [0.15, 0.2) is 0 Å². The van der Waals surface area contributed by atoms with Gasteiger partial charge in [0.2, 0.25) is 0 Å². The van der Waals surface area contributed by atoms with Crippen molar-refractivity contribution in [2.24, 2.45) is 0 Å². The van der Waals surface area contributed by atoms with Crippen molar-refractivity contribution in [3.05, 3.63) is 29.8 Å². The molecule has 2 N–H and O–H groups in total. The van der Waals surface area contributed by atoms with Crippen LogP contribution in [0.15, 0.2) is 24.3 Å². The van der Waals surface area contributed by atoms with Crippen molar-refractivity contribution in [3.63, 3.8) is 0 Å². The molecule has 0 heterocycles. The molecule has 0 atom stereocenters. The summed E-state index contributed by atoms with van der Waals surface area (Å²) < 4.78 is 5.15. The van der Waals surface area contributed by atoms with E-state index in [1.807, 2.05) is 19.2 Å². The first-order valence-corrected chi connectivity index (χ1v) is 7.18. The minimum atomic E-state index is -0.465. The van der Waals surface area contributed by atoms with Crippen molar-refractivity contribution in [1.82, 2.24) is 5.32 Å². The maximum absolute atomic E-state index is 10.6. The highest BCUT2D eigenvalue weighted by Gasteiger charge is 2.32. The molecule has 0 amide bonds. The second-order valence-corrected chi connectivity index (χ2v) is 5.64. The number of methoxy groups -OCH3 is 1. The maximum Gasteiger partial charge on any atom is 0.118 e. The molecule has 0 bridgehead atoms. The second kappa shape index (κ2) is 6.40. The van der Waals surface area contributed by atoms with Crippen LogP contribution in [0.1, 0.15) is 37.7 Å². The van der Waals surface area contributed by atoms with Crippen LogP contribution in [0.5, 0.6) is 5.75 Å². The summed E-state index contributed by atoms with van der Waals surface area (Å²) in [7, 11) is 3.68. The van der Waals surface area contributed by atoms with Gasteiger partial charge in [0.25, 0.3) is 0 Å². The van der Waals surface area contributed by atoms with Gasteiger partial charge in [0.05, 0.1) is 12.7 Å². The molecule has 0 radical (unpaired) electrons. The fourth-order valence-corrected chi connectivity index (χ4v) is 2.86. The third-order valence-corrected chi connectivity index (χ3v) is 4.36. The van der Waals surface area contributed by atoms with Crippen LogP contribution >= 0.6 is 0 Å². The van der Waals surface area contributed by atoms with E-state index < -0.39 is 5.60 Å². The molecule has 1 saturated carbocycles. The Labute approximate surface area is 116 Å². The Balaban J connectivity index is 1.84. The van der Waals surface area contributed by atoms with Crippen LogP contribution < -0.4 is 10.1 Å². The van der Waals surface area contributed by atoms with Crippen LogP contribution in [0.4, 0.5) is 0 Å². The molecular formula is C16H25NO2. The van der Waals surface area contributed by atoms with Crippen molar-refractivity contribution >= 4 is 0 Å². The highest BCUT2D eigenvalue weighted by molar-refractivity contribution is 5.27. The minimum absolute atomic E-state index is 0.465. The molecule has 1 aliphatic carbocycles. The molecule has 19 heavy (non-hydrogen) atoms. The zero-order valence-corrected chi connectivity index (χ0v) is 12.0. The standard InChI is InChI=1S/C16H25NO2/c1-17-14-8-11-16(18,12-9-14)10-7-13-3-5-15(19-2)6-4-13/h3-6,14,17-18H,7-12H2,1-2H3. The summed E-state index contributed by atoms with van der Waals surface area (Å²) in [6.45, 7) is 0. The average molecular weight is 263 g/mol. The lowest BCUT2D eigenvalue weighted by Crippen LogP contribution is -2.40. The largest absolute Gasteiger partial charge is 0.497 e. The summed E-state index contributed by atoms with van der Waals surface area (Å²) in [4.78, 5) is 0. The topological polar surface area (TPSA) is 41.5 Å². The maximum atomic E-state index is 10.6. The van der Waals surface area contributed by atoms with Gasteiger partial charge in [0.1, 0.15) is 5.75 Å². The van der Waals surface area contributed by atoms with E-state index in [-0.39, 0.29) is 0 Å². The van der Waals surface area contributed by atoms with Crippen molar-refractivity contribution in [2.75, 3.05) is 14.2 Å². The second-order valence-electron chi connectivity index (χ2n) is 5.64. The Morgan fingerprint density at radius 3 is 2.42 bits per heavy atom. The van der Waals surface area contributed by atoms with Crippen LogP contribution in [0.25, 0.3) is 0 Å². The molecular weight excluding hydrogens is 238 g/mol. The van der Waals surface area contributed by atoms with Crippen molar-refractivity contribution in [3.8, 4) is 5.75 Å². The molecule has 1 aromatic carbocycles. The number of aliphatic hydroxyl groups is 1. The fraction of sp³-hybridized carbons (Fsp3) is 0.625. The van der Waals surface area contributed by atoms with Gasteiger partial charge in [-0.3, -0.25) is 0 Å². The SMILES string of the molecule is CNC1CCC(O)(CCc2ccc(OC)cc2)CC1. The van der Waals surface area contributed by atoms with Gasteiger partial charge in [-0.05, 0) is 63.3 Å². The Kier molecular flexibility index (Phi) is 4.83. The van der Waals surface area contributed by atoms with E-state index in [1.54, 1.807) is 7.11 Å². The molecule has 1 aliphatic rings. The monoisotopic (exact) mass is 263 g/mol. The van der Waals surface area contributed by atoms with E-state index in [0.29, 0.717) is 6.04 Å². The van der Waals surface area contributed by atoms with E-state index in [9.17, 15) is 5.11 Å². The Bertz CT molecular complexity index is 380. The molecule has 1 fully saturated rings. The zero-order valence-electron chi connectivity index (χ0n) is 12.0. The number of rotatable bonds is 5. The van der Waals surface area contributed by atoms with Crippen LogP contribution in [0.2, 0.25) is 0 Å². The van der Waals surface area contributed by atoms with Gasteiger partial charge in [-0.25, -0.2) is 0 Å². The summed E-state index contributed by atoms with van der Waals surface area (Å²) in [6, 6.07) is 8.72. The number of nitrogens with one attached hydrogen (secondary N) is 1. The number of ether oxygens (including phenoxy) is 1. The molecule has 0 saturated heterocycles. The van der Waals surface area contributed by atoms with Gasteiger partial charge in [-0.1, -0.05) is 12.1 Å². The van der Waals surface area contributed by atoms with Gasteiger partial charge in [-0.15, -0.1) is 0 Å². The molecule has 106 valence electrons. The van der Waals surface area contributed by atoms with Gasteiger partial charge in [0, 0.05) is 6.04 Å². The average Bonchev–Trinajstić information content (AvgIpc) is 2.47. The van der Waals surface area contributed by atoms with E-state index in [1.165, 1.54) is 5.56 Å². The molecule has 2 rings (SSSR count). The third-order valence-electron chi connectivity index (χ3n) is 4.36. The van der Waals surface area contributed by atoms with Crippen molar-refractivity contribution in [1.29, 1.82) is 0 Å². The summed E-state index contributed by atoms with van der Waals surface area (Å²) in [5, 5.41) is 13.9. The predicted octanol–water partition coefficient (Wildman–Crippen LogP) is 2.52. The summed E-state index contributed by atoms with van der Waals surface area (Å²) in [5.74, 6) is 0.886. The Morgan fingerprint density at radius 2 is 1.89 bits per heavy atom.